The third-order valence-electron chi connectivity index (χ3n) is 6.64. The second-order valence-corrected chi connectivity index (χ2v) is 8.96. The Hall–Kier alpha value is -3.73. The molecule has 2 atom stereocenters. The zero-order chi connectivity index (χ0) is 23.7. The van der Waals surface area contributed by atoms with Crippen molar-refractivity contribution in [1.82, 2.24) is 33.6 Å². The minimum absolute atomic E-state index is 0.172. The van der Waals surface area contributed by atoms with Crippen LogP contribution in [0.5, 0.6) is 0 Å². The Morgan fingerprint density at radius 1 is 1.24 bits per heavy atom. The molecule has 1 saturated heterocycles. The van der Waals surface area contributed by atoms with Crippen LogP contribution in [-0.4, -0.2) is 63.3 Å². The lowest BCUT2D eigenvalue weighted by molar-refractivity contribution is -0.0432. The van der Waals surface area contributed by atoms with E-state index in [1.807, 2.05) is 6.92 Å². The zero-order valence-electron chi connectivity index (χ0n) is 18.9. The normalized spacial score (nSPS) is 21.2. The number of benzene rings is 1. The Labute approximate surface area is 187 Å². The van der Waals surface area contributed by atoms with Crippen LogP contribution in [0, 0.1) is 6.92 Å². The molecule has 0 spiro atoms. The Bertz CT molecular complexity index is 1540. The van der Waals surface area contributed by atoms with Gasteiger partial charge in [-0.3, -0.25) is 18.7 Å². The lowest BCUT2D eigenvalue weighted by atomic mass is 9.87. The van der Waals surface area contributed by atoms with Crippen molar-refractivity contribution in [3.63, 3.8) is 0 Å². The van der Waals surface area contributed by atoms with Crippen molar-refractivity contribution in [3.8, 4) is 0 Å². The number of aryl methyl sites for hydroxylation is 2. The number of imidazole rings is 2. The largest absolute Gasteiger partial charge is 0.388 e. The van der Waals surface area contributed by atoms with Crippen molar-refractivity contribution in [3.05, 3.63) is 56.8 Å². The number of likely N-dealkylation sites (tertiary alicyclic amines) is 1. The fourth-order valence-electron chi connectivity index (χ4n) is 4.65. The van der Waals surface area contributed by atoms with E-state index >= 15 is 0 Å². The molecule has 0 unspecified atom stereocenters. The van der Waals surface area contributed by atoms with Crippen molar-refractivity contribution < 1.29 is 9.90 Å². The Morgan fingerprint density at radius 2 is 2.00 bits per heavy atom. The molecule has 172 valence electrons. The van der Waals surface area contributed by atoms with Gasteiger partial charge in [0, 0.05) is 32.7 Å². The number of fused-ring (bicyclic) bond motifs is 2. The molecule has 1 amide bonds. The average molecular weight is 451 g/mol. The van der Waals surface area contributed by atoms with Gasteiger partial charge in [0.1, 0.15) is 5.82 Å². The molecule has 0 aliphatic carbocycles. The first-order valence-corrected chi connectivity index (χ1v) is 10.7. The van der Waals surface area contributed by atoms with E-state index in [-0.39, 0.29) is 23.6 Å². The van der Waals surface area contributed by atoms with Gasteiger partial charge in [-0.15, -0.1) is 0 Å². The minimum Gasteiger partial charge on any atom is -0.388 e. The van der Waals surface area contributed by atoms with Gasteiger partial charge in [0.15, 0.2) is 11.2 Å². The summed E-state index contributed by atoms with van der Waals surface area (Å²) in [6, 6.07) is 4.70. The number of nitrogens with one attached hydrogen (secondary N) is 1. The summed E-state index contributed by atoms with van der Waals surface area (Å²) < 4.78 is 3.91. The lowest BCUT2D eigenvalue weighted by Gasteiger charge is -2.43. The highest BCUT2D eigenvalue weighted by Crippen LogP contribution is 2.34. The quantitative estimate of drug-likeness (QED) is 0.455. The third kappa shape index (κ3) is 3.18. The molecule has 0 radical (unpaired) electrons. The summed E-state index contributed by atoms with van der Waals surface area (Å²) in [4.78, 5) is 52.0. The van der Waals surface area contributed by atoms with Crippen molar-refractivity contribution >= 4 is 28.1 Å². The summed E-state index contributed by atoms with van der Waals surface area (Å²) >= 11 is 0. The fraction of sp³-hybridized carbons (Fsp3) is 0.409. The minimum atomic E-state index is -1.19. The highest BCUT2D eigenvalue weighted by Gasteiger charge is 2.41. The topological polar surface area (TPSA) is 131 Å². The van der Waals surface area contributed by atoms with Crippen molar-refractivity contribution in [1.29, 1.82) is 0 Å². The van der Waals surface area contributed by atoms with Gasteiger partial charge >= 0.3 is 5.69 Å². The maximum Gasteiger partial charge on any atom is 0.332 e. The van der Waals surface area contributed by atoms with Crippen LogP contribution >= 0.6 is 0 Å². The molecular formula is C22H25N7O4. The first kappa shape index (κ1) is 21.1. The average Bonchev–Trinajstić information content (AvgIpc) is 3.38. The van der Waals surface area contributed by atoms with Gasteiger partial charge in [-0.05, 0) is 38.5 Å². The Balaban J connectivity index is 1.55. The van der Waals surface area contributed by atoms with Gasteiger partial charge in [0.25, 0.3) is 11.5 Å². The number of nitrogens with zero attached hydrogens (tertiary/aromatic N) is 6. The van der Waals surface area contributed by atoms with Gasteiger partial charge in [-0.25, -0.2) is 14.8 Å². The van der Waals surface area contributed by atoms with Crippen LogP contribution in [0.3, 0.4) is 0 Å². The van der Waals surface area contributed by atoms with E-state index in [9.17, 15) is 19.5 Å². The third-order valence-corrected chi connectivity index (χ3v) is 6.64. The summed E-state index contributed by atoms with van der Waals surface area (Å²) in [6.45, 7) is 4.10. The first-order chi connectivity index (χ1) is 15.6. The van der Waals surface area contributed by atoms with E-state index < -0.39 is 22.9 Å². The van der Waals surface area contributed by atoms with Crippen LogP contribution in [0.2, 0.25) is 0 Å². The molecule has 1 fully saturated rings. The molecule has 5 rings (SSSR count). The van der Waals surface area contributed by atoms with E-state index in [1.165, 1.54) is 17.9 Å². The highest BCUT2D eigenvalue weighted by molar-refractivity contribution is 5.97. The van der Waals surface area contributed by atoms with E-state index in [0.717, 1.165) is 21.4 Å². The van der Waals surface area contributed by atoms with Gasteiger partial charge in [0.2, 0.25) is 0 Å². The predicted molar refractivity (Wildman–Crippen MR) is 121 cm³/mol. The second kappa shape index (κ2) is 7.14. The molecule has 4 heterocycles. The van der Waals surface area contributed by atoms with Crippen LogP contribution < -0.4 is 11.2 Å². The number of aromatic nitrogens is 6. The molecule has 11 heteroatoms. The van der Waals surface area contributed by atoms with Gasteiger partial charge in [0.05, 0.1) is 29.0 Å². The molecule has 0 saturated carbocycles. The summed E-state index contributed by atoms with van der Waals surface area (Å²) in [6.07, 6.45) is 1.78. The molecule has 33 heavy (non-hydrogen) atoms. The van der Waals surface area contributed by atoms with Crippen LogP contribution in [0.1, 0.15) is 35.6 Å². The molecule has 2 N–H and O–H groups in total. The number of aromatic amines is 1. The van der Waals surface area contributed by atoms with Crippen LogP contribution in [-0.2, 0) is 14.1 Å². The van der Waals surface area contributed by atoms with E-state index in [4.69, 9.17) is 0 Å². The SMILES string of the molecule is Cc1nc2ccc(C(=O)N3CC[C@](C)(O)[C@@H](n4cnc5c4c(=O)n(C)c(=O)n5C)C3)cc2[nH]1. The van der Waals surface area contributed by atoms with Gasteiger partial charge in [-0.1, -0.05) is 0 Å². The molecule has 1 aliphatic rings. The maximum absolute atomic E-state index is 13.3. The standard InChI is InChI=1S/C22H25N7O4/c1-12-24-14-6-5-13(9-15(14)25-12)19(30)28-8-7-22(2,33)16(10-28)29-11-23-18-17(29)20(31)27(4)21(32)26(18)3/h5-6,9,11,16,33H,7-8,10H2,1-4H3,(H,24,25)/t16-,22-/m0/s1. The van der Waals surface area contributed by atoms with E-state index in [1.54, 1.807) is 41.6 Å². The number of hydrogen-bond acceptors (Lipinski definition) is 6. The molecule has 4 aromatic rings. The summed E-state index contributed by atoms with van der Waals surface area (Å²) in [5.74, 6) is 0.598. The molecule has 3 aromatic heterocycles. The lowest BCUT2D eigenvalue weighted by Crippen LogP contribution is -2.53. The molecule has 0 bridgehead atoms. The summed E-state index contributed by atoms with van der Waals surface area (Å²) in [7, 11) is 2.95. The number of aliphatic hydroxyl groups is 1. The van der Waals surface area contributed by atoms with Crippen LogP contribution in [0.4, 0.5) is 0 Å². The van der Waals surface area contributed by atoms with Crippen molar-refractivity contribution in [2.45, 2.75) is 31.9 Å². The van der Waals surface area contributed by atoms with Crippen LogP contribution in [0.25, 0.3) is 22.2 Å². The molecular weight excluding hydrogens is 426 g/mol. The highest BCUT2D eigenvalue weighted by atomic mass is 16.3. The molecule has 1 aliphatic heterocycles. The molecule has 1 aromatic carbocycles. The van der Waals surface area contributed by atoms with Gasteiger partial charge < -0.3 is 19.6 Å². The monoisotopic (exact) mass is 451 g/mol. The predicted octanol–water partition coefficient (Wildman–Crippen LogP) is 0.457. The number of H-pyrrole nitrogens is 1. The molecule has 11 nitrogen and oxygen atoms in total. The van der Waals surface area contributed by atoms with E-state index in [0.29, 0.717) is 18.5 Å². The van der Waals surface area contributed by atoms with Crippen molar-refractivity contribution in [2.75, 3.05) is 13.1 Å². The number of piperidine rings is 1. The number of hydrogen-bond donors (Lipinski definition) is 2. The maximum atomic E-state index is 13.3. The number of carbonyl (C=O) groups is 1. The second-order valence-electron chi connectivity index (χ2n) is 8.96. The fourth-order valence-corrected chi connectivity index (χ4v) is 4.65. The smallest absolute Gasteiger partial charge is 0.332 e. The summed E-state index contributed by atoms with van der Waals surface area (Å²) in [5.41, 5.74) is 0.378. The first-order valence-electron chi connectivity index (χ1n) is 10.7. The number of rotatable bonds is 2. The van der Waals surface area contributed by atoms with E-state index in [2.05, 4.69) is 15.0 Å². The van der Waals surface area contributed by atoms with Gasteiger partial charge in [-0.2, -0.15) is 0 Å². The number of amides is 1. The van der Waals surface area contributed by atoms with Crippen LogP contribution in [0.15, 0.2) is 34.1 Å². The summed E-state index contributed by atoms with van der Waals surface area (Å²) in [5, 5.41) is 11.2. The Kier molecular flexibility index (Phi) is 4.57. The Morgan fingerprint density at radius 3 is 2.76 bits per heavy atom. The zero-order valence-corrected chi connectivity index (χ0v) is 18.9. The van der Waals surface area contributed by atoms with Crippen molar-refractivity contribution in [2.24, 2.45) is 14.1 Å². The number of carbonyl (C=O) groups excluding carboxylic acids is 1.